The van der Waals surface area contributed by atoms with Crippen LogP contribution in [0.3, 0.4) is 0 Å². The summed E-state index contributed by atoms with van der Waals surface area (Å²) in [6.45, 7) is 8.16. The molecule has 1 N–H and O–H groups in total. The van der Waals surface area contributed by atoms with Gasteiger partial charge in [-0.05, 0) is 80.9 Å². The molecular weight excluding hydrogens is 402 g/mol. The number of hydrogen-bond donors (Lipinski definition) is 1. The number of amides is 1. The van der Waals surface area contributed by atoms with Gasteiger partial charge in [-0.1, -0.05) is 6.07 Å². The highest BCUT2D eigenvalue weighted by atomic mass is 16.5. The summed E-state index contributed by atoms with van der Waals surface area (Å²) in [5.41, 5.74) is 5.69. The van der Waals surface area contributed by atoms with Crippen LogP contribution in [0.15, 0.2) is 60.7 Å². The Kier molecular flexibility index (Phi) is 6.07. The van der Waals surface area contributed by atoms with Gasteiger partial charge >= 0.3 is 0 Å². The van der Waals surface area contributed by atoms with Crippen LogP contribution < -0.4 is 15.0 Å². The Morgan fingerprint density at radius 2 is 1.69 bits per heavy atom. The van der Waals surface area contributed by atoms with Crippen molar-refractivity contribution in [2.45, 2.75) is 20.8 Å². The van der Waals surface area contributed by atoms with Crippen LogP contribution in [-0.2, 0) is 0 Å². The Hall–Kier alpha value is -3.87. The highest BCUT2D eigenvalue weighted by Crippen LogP contribution is 2.24. The second-order valence-electron chi connectivity index (χ2n) is 7.52. The molecule has 0 spiro atoms. The number of methoxy groups -OCH3 is 1. The van der Waals surface area contributed by atoms with E-state index in [2.05, 4.69) is 46.4 Å². The maximum atomic E-state index is 12.7. The van der Waals surface area contributed by atoms with Gasteiger partial charge in [0, 0.05) is 30.0 Å². The lowest BCUT2D eigenvalue weighted by Gasteiger charge is -2.20. The Balaban J connectivity index is 1.59. The molecule has 0 bridgehead atoms. The van der Waals surface area contributed by atoms with E-state index in [-0.39, 0.29) is 5.91 Å². The Morgan fingerprint density at radius 1 is 1.00 bits per heavy atom. The summed E-state index contributed by atoms with van der Waals surface area (Å²) in [6, 6.07) is 19.1. The lowest BCUT2D eigenvalue weighted by Crippen LogP contribution is -2.21. The van der Waals surface area contributed by atoms with Crippen LogP contribution in [0.2, 0.25) is 0 Å². The molecule has 0 saturated heterocycles. The number of rotatable bonds is 7. The van der Waals surface area contributed by atoms with E-state index in [1.165, 1.54) is 5.69 Å². The van der Waals surface area contributed by atoms with E-state index in [0.29, 0.717) is 22.5 Å². The van der Waals surface area contributed by atoms with Gasteiger partial charge in [-0.25, -0.2) is 0 Å². The van der Waals surface area contributed by atoms with E-state index in [4.69, 9.17) is 4.74 Å². The smallest absolute Gasteiger partial charge is 0.255 e. The van der Waals surface area contributed by atoms with Crippen molar-refractivity contribution in [2.75, 3.05) is 30.4 Å². The average Bonchev–Trinajstić information content (AvgIpc) is 3.23. The first-order valence-electron chi connectivity index (χ1n) is 10.7. The number of hydrogen-bond acceptors (Lipinski definition) is 5. The van der Waals surface area contributed by atoms with Crippen LogP contribution in [-0.4, -0.2) is 41.1 Å². The normalized spacial score (nSPS) is 10.9. The SMILES string of the molecule is CCN(CC)c1ccc(-n2nc3cc(C)c(NC(=O)c4cccc(OC)c4)cc3n2)cc1. The van der Waals surface area contributed by atoms with Crippen molar-refractivity contribution in [3.8, 4) is 11.4 Å². The van der Waals surface area contributed by atoms with E-state index in [9.17, 15) is 4.79 Å². The predicted octanol–water partition coefficient (Wildman–Crippen LogP) is 4.84. The molecule has 0 unspecified atom stereocenters. The Morgan fingerprint density at radius 3 is 2.34 bits per heavy atom. The highest BCUT2D eigenvalue weighted by molar-refractivity contribution is 6.05. The molecule has 4 rings (SSSR count). The molecule has 1 heterocycles. The van der Waals surface area contributed by atoms with Crippen LogP contribution in [0, 0.1) is 6.92 Å². The molecule has 164 valence electrons. The fourth-order valence-electron chi connectivity index (χ4n) is 3.66. The van der Waals surface area contributed by atoms with Crippen molar-refractivity contribution in [1.29, 1.82) is 0 Å². The van der Waals surface area contributed by atoms with Crippen LogP contribution >= 0.6 is 0 Å². The zero-order chi connectivity index (χ0) is 22.7. The first-order valence-corrected chi connectivity index (χ1v) is 10.7. The molecule has 1 amide bonds. The molecule has 0 fully saturated rings. The van der Waals surface area contributed by atoms with Gasteiger partial charge in [-0.2, -0.15) is 4.80 Å². The summed E-state index contributed by atoms with van der Waals surface area (Å²) < 4.78 is 5.21. The van der Waals surface area contributed by atoms with E-state index in [0.717, 1.165) is 29.9 Å². The lowest BCUT2D eigenvalue weighted by molar-refractivity contribution is 0.102. The number of nitrogens with one attached hydrogen (secondary N) is 1. The fourth-order valence-corrected chi connectivity index (χ4v) is 3.66. The number of carbonyl (C=O) groups excluding carboxylic acids is 1. The predicted molar refractivity (Wildman–Crippen MR) is 128 cm³/mol. The van der Waals surface area contributed by atoms with E-state index < -0.39 is 0 Å². The number of fused-ring (bicyclic) bond motifs is 1. The summed E-state index contributed by atoms with van der Waals surface area (Å²) in [6.07, 6.45) is 0. The van der Waals surface area contributed by atoms with E-state index in [1.54, 1.807) is 36.2 Å². The summed E-state index contributed by atoms with van der Waals surface area (Å²) in [5.74, 6) is 0.436. The zero-order valence-electron chi connectivity index (χ0n) is 18.8. The second-order valence-corrected chi connectivity index (χ2v) is 7.52. The van der Waals surface area contributed by atoms with Gasteiger partial charge in [0.1, 0.15) is 16.8 Å². The minimum atomic E-state index is -0.203. The number of benzene rings is 3. The minimum absolute atomic E-state index is 0.203. The van der Waals surface area contributed by atoms with Gasteiger partial charge < -0.3 is 15.0 Å². The van der Waals surface area contributed by atoms with Crippen LogP contribution in [0.4, 0.5) is 11.4 Å². The quantitative estimate of drug-likeness (QED) is 0.455. The maximum absolute atomic E-state index is 12.7. The minimum Gasteiger partial charge on any atom is -0.497 e. The van der Waals surface area contributed by atoms with Crippen molar-refractivity contribution >= 4 is 28.3 Å². The molecule has 0 aliphatic rings. The van der Waals surface area contributed by atoms with Crippen molar-refractivity contribution in [1.82, 2.24) is 15.0 Å². The van der Waals surface area contributed by atoms with Gasteiger partial charge in [0.2, 0.25) is 0 Å². The van der Waals surface area contributed by atoms with Crippen molar-refractivity contribution in [3.05, 3.63) is 71.8 Å². The summed E-state index contributed by atoms with van der Waals surface area (Å²) in [5, 5.41) is 12.2. The van der Waals surface area contributed by atoms with Crippen LogP contribution in [0.25, 0.3) is 16.7 Å². The Labute approximate surface area is 187 Å². The number of aryl methyl sites for hydroxylation is 1. The molecule has 0 radical (unpaired) electrons. The highest BCUT2D eigenvalue weighted by Gasteiger charge is 2.13. The number of nitrogens with zero attached hydrogens (tertiary/aromatic N) is 4. The third-order valence-corrected chi connectivity index (χ3v) is 5.52. The zero-order valence-corrected chi connectivity index (χ0v) is 18.8. The van der Waals surface area contributed by atoms with Gasteiger partial charge in [0.25, 0.3) is 5.91 Å². The lowest BCUT2D eigenvalue weighted by atomic mass is 10.1. The largest absolute Gasteiger partial charge is 0.497 e. The van der Waals surface area contributed by atoms with Crippen molar-refractivity contribution in [3.63, 3.8) is 0 Å². The molecule has 1 aromatic heterocycles. The number of ether oxygens (including phenoxy) is 1. The van der Waals surface area contributed by atoms with E-state index in [1.807, 2.05) is 31.2 Å². The van der Waals surface area contributed by atoms with Crippen LogP contribution in [0.1, 0.15) is 29.8 Å². The third-order valence-electron chi connectivity index (χ3n) is 5.52. The monoisotopic (exact) mass is 429 g/mol. The first-order chi connectivity index (χ1) is 15.5. The molecule has 3 aromatic carbocycles. The van der Waals surface area contributed by atoms with Crippen molar-refractivity contribution < 1.29 is 9.53 Å². The second kappa shape index (κ2) is 9.09. The fraction of sp³-hybridized carbons (Fsp3) is 0.240. The molecular formula is C25H27N5O2. The van der Waals surface area contributed by atoms with Crippen molar-refractivity contribution in [2.24, 2.45) is 0 Å². The first kappa shape index (κ1) is 21.4. The molecule has 0 aliphatic heterocycles. The molecule has 0 aliphatic carbocycles. The average molecular weight is 430 g/mol. The van der Waals surface area contributed by atoms with Gasteiger partial charge in [-0.15, -0.1) is 10.2 Å². The topological polar surface area (TPSA) is 72.3 Å². The third kappa shape index (κ3) is 4.27. The summed E-state index contributed by atoms with van der Waals surface area (Å²) >= 11 is 0. The molecule has 7 nitrogen and oxygen atoms in total. The summed E-state index contributed by atoms with van der Waals surface area (Å²) in [4.78, 5) is 16.6. The number of anilines is 2. The Bertz CT molecular complexity index is 1240. The molecule has 0 atom stereocenters. The molecule has 7 heteroatoms. The number of aromatic nitrogens is 3. The van der Waals surface area contributed by atoms with E-state index >= 15 is 0 Å². The van der Waals surface area contributed by atoms with Gasteiger partial charge in [0.05, 0.1) is 12.8 Å². The summed E-state index contributed by atoms with van der Waals surface area (Å²) in [7, 11) is 1.58. The standard InChI is InChI=1S/C25H27N5O2/c1-5-29(6-2)19-10-12-20(13-11-19)30-27-23-14-17(3)22(16-24(23)28-30)26-25(31)18-8-7-9-21(15-18)32-4/h7-16H,5-6H2,1-4H3,(H,26,31). The maximum Gasteiger partial charge on any atom is 0.255 e. The molecule has 4 aromatic rings. The van der Waals surface area contributed by atoms with Gasteiger partial charge in [-0.3, -0.25) is 4.79 Å². The van der Waals surface area contributed by atoms with Gasteiger partial charge in [0.15, 0.2) is 0 Å². The number of carbonyl (C=O) groups is 1. The van der Waals surface area contributed by atoms with Crippen LogP contribution in [0.5, 0.6) is 5.75 Å². The molecule has 32 heavy (non-hydrogen) atoms. The molecule has 0 saturated carbocycles.